The van der Waals surface area contributed by atoms with Gasteiger partial charge in [-0.05, 0) is 24.3 Å². The standard InChI is InChI=1S/C22H12F3N3O3S/c23-22(24,25)14-7-5-12(6-8-14)20-27-18(31-28-20)10-19-26-16(11-32-19)15-9-13-3-1-2-4-17(13)30-21(15)29/h1-9,11H,10H2. The first-order valence-electron chi connectivity index (χ1n) is 9.35. The zero-order valence-corrected chi connectivity index (χ0v) is 16.9. The van der Waals surface area contributed by atoms with E-state index >= 15 is 0 Å². The highest BCUT2D eigenvalue weighted by atomic mass is 32.1. The van der Waals surface area contributed by atoms with E-state index in [-0.39, 0.29) is 18.1 Å². The van der Waals surface area contributed by atoms with Gasteiger partial charge in [-0.2, -0.15) is 18.2 Å². The highest BCUT2D eigenvalue weighted by Gasteiger charge is 2.30. The van der Waals surface area contributed by atoms with Crippen molar-refractivity contribution in [3.05, 3.63) is 86.9 Å². The lowest BCUT2D eigenvalue weighted by molar-refractivity contribution is -0.137. The van der Waals surface area contributed by atoms with Crippen LogP contribution in [0.4, 0.5) is 13.2 Å². The molecule has 10 heteroatoms. The predicted octanol–water partition coefficient (Wildman–Crippen LogP) is 5.58. The van der Waals surface area contributed by atoms with Gasteiger partial charge in [0.2, 0.25) is 11.7 Å². The van der Waals surface area contributed by atoms with Crippen molar-refractivity contribution in [3.8, 4) is 22.6 Å². The maximum Gasteiger partial charge on any atom is 0.416 e. The first-order chi connectivity index (χ1) is 15.4. The molecule has 0 unspecified atom stereocenters. The molecule has 0 aliphatic carbocycles. The fourth-order valence-corrected chi connectivity index (χ4v) is 3.92. The molecule has 6 nitrogen and oxygen atoms in total. The molecule has 32 heavy (non-hydrogen) atoms. The summed E-state index contributed by atoms with van der Waals surface area (Å²) in [6.07, 6.45) is -4.19. The summed E-state index contributed by atoms with van der Waals surface area (Å²) in [4.78, 5) is 21.0. The van der Waals surface area contributed by atoms with E-state index in [2.05, 4.69) is 15.1 Å². The molecule has 5 rings (SSSR count). The summed E-state index contributed by atoms with van der Waals surface area (Å²) < 4.78 is 48.7. The molecule has 0 N–H and O–H groups in total. The third-order valence-corrected chi connectivity index (χ3v) is 5.56. The Kier molecular flexibility index (Phi) is 4.86. The summed E-state index contributed by atoms with van der Waals surface area (Å²) in [7, 11) is 0. The van der Waals surface area contributed by atoms with Crippen LogP contribution in [-0.4, -0.2) is 15.1 Å². The van der Waals surface area contributed by atoms with Crippen LogP contribution in [0.5, 0.6) is 0 Å². The van der Waals surface area contributed by atoms with E-state index < -0.39 is 17.4 Å². The van der Waals surface area contributed by atoms with Crippen LogP contribution < -0.4 is 5.63 Å². The van der Waals surface area contributed by atoms with Gasteiger partial charge in [0.25, 0.3) is 0 Å². The van der Waals surface area contributed by atoms with Crippen LogP contribution in [0, 0.1) is 0 Å². The predicted molar refractivity (Wildman–Crippen MR) is 111 cm³/mol. The molecular weight excluding hydrogens is 443 g/mol. The molecule has 3 aromatic heterocycles. The van der Waals surface area contributed by atoms with Gasteiger partial charge in [-0.15, -0.1) is 11.3 Å². The van der Waals surface area contributed by atoms with E-state index in [4.69, 9.17) is 8.94 Å². The third kappa shape index (κ3) is 3.92. The number of thiazole rings is 1. The lowest BCUT2D eigenvalue weighted by Gasteiger charge is -2.05. The second-order valence-electron chi connectivity index (χ2n) is 6.88. The molecule has 0 amide bonds. The number of alkyl halides is 3. The highest BCUT2D eigenvalue weighted by Crippen LogP contribution is 2.30. The van der Waals surface area contributed by atoms with Crippen LogP contribution in [0.25, 0.3) is 33.6 Å². The number of hydrogen-bond donors (Lipinski definition) is 0. The van der Waals surface area contributed by atoms with Gasteiger partial charge < -0.3 is 8.94 Å². The molecule has 5 aromatic rings. The van der Waals surface area contributed by atoms with E-state index in [0.29, 0.717) is 27.4 Å². The van der Waals surface area contributed by atoms with Crippen molar-refractivity contribution in [2.75, 3.05) is 0 Å². The number of aromatic nitrogens is 3. The number of nitrogens with zero attached hydrogens (tertiary/aromatic N) is 3. The zero-order chi connectivity index (χ0) is 22.3. The Labute approximate surface area is 182 Å². The molecule has 160 valence electrons. The Morgan fingerprint density at radius 2 is 1.78 bits per heavy atom. The molecule has 0 aliphatic rings. The normalized spacial score (nSPS) is 11.8. The van der Waals surface area contributed by atoms with Crippen molar-refractivity contribution in [1.29, 1.82) is 0 Å². The minimum atomic E-state index is -4.41. The Hall–Kier alpha value is -3.79. The summed E-state index contributed by atoms with van der Waals surface area (Å²) in [6, 6.07) is 13.4. The van der Waals surface area contributed by atoms with Gasteiger partial charge in [-0.3, -0.25) is 0 Å². The maximum atomic E-state index is 12.7. The SMILES string of the molecule is O=c1oc2ccccc2cc1-c1csc(Cc2nc(-c3ccc(C(F)(F)F)cc3)no2)n1. The van der Waals surface area contributed by atoms with Gasteiger partial charge >= 0.3 is 11.8 Å². The smallest absolute Gasteiger partial charge is 0.416 e. The van der Waals surface area contributed by atoms with Crippen LogP contribution in [-0.2, 0) is 12.6 Å². The molecule has 0 saturated carbocycles. The van der Waals surface area contributed by atoms with E-state index in [0.717, 1.165) is 17.5 Å². The van der Waals surface area contributed by atoms with E-state index in [1.165, 1.54) is 23.5 Å². The van der Waals surface area contributed by atoms with Crippen LogP contribution in [0.1, 0.15) is 16.5 Å². The fraction of sp³-hybridized carbons (Fsp3) is 0.0909. The molecule has 0 aliphatic heterocycles. The first kappa shape index (κ1) is 20.1. The molecule has 0 spiro atoms. The van der Waals surface area contributed by atoms with Gasteiger partial charge in [0, 0.05) is 16.3 Å². The van der Waals surface area contributed by atoms with Crippen molar-refractivity contribution in [3.63, 3.8) is 0 Å². The maximum absolute atomic E-state index is 12.7. The van der Waals surface area contributed by atoms with Gasteiger partial charge in [0.1, 0.15) is 10.6 Å². The molecule has 2 aromatic carbocycles. The number of halogens is 3. The van der Waals surface area contributed by atoms with Crippen molar-refractivity contribution >= 4 is 22.3 Å². The molecule has 0 bridgehead atoms. The molecule has 0 atom stereocenters. The summed E-state index contributed by atoms with van der Waals surface area (Å²) in [6.45, 7) is 0. The van der Waals surface area contributed by atoms with Crippen molar-refractivity contribution < 1.29 is 22.1 Å². The van der Waals surface area contributed by atoms with Crippen molar-refractivity contribution in [2.24, 2.45) is 0 Å². The van der Waals surface area contributed by atoms with Crippen LogP contribution in [0.3, 0.4) is 0 Å². The van der Waals surface area contributed by atoms with Gasteiger partial charge in [0.05, 0.1) is 23.2 Å². The van der Waals surface area contributed by atoms with Crippen LogP contribution >= 0.6 is 11.3 Å². The lowest BCUT2D eigenvalue weighted by Crippen LogP contribution is -2.04. The summed E-state index contributed by atoms with van der Waals surface area (Å²) in [5.74, 6) is 0.437. The zero-order valence-electron chi connectivity index (χ0n) is 16.1. The highest BCUT2D eigenvalue weighted by molar-refractivity contribution is 7.10. The Bertz CT molecular complexity index is 1470. The van der Waals surface area contributed by atoms with Crippen molar-refractivity contribution in [1.82, 2.24) is 15.1 Å². The molecular formula is C22H12F3N3O3S. The summed E-state index contributed by atoms with van der Waals surface area (Å²) in [5, 5.41) is 6.99. The quantitative estimate of drug-likeness (QED) is 0.329. The summed E-state index contributed by atoms with van der Waals surface area (Å²) in [5.41, 5.74) is 0.496. The van der Waals surface area contributed by atoms with E-state index in [1.54, 1.807) is 23.6 Å². The first-order valence-corrected chi connectivity index (χ1v) is 10.2. The average molecular weight is 455 g/mol. The van der Waals surface area contributed by atoms with Gasteiger partial charge in [-0.1, -0.05) is 35.5 Å². The monoisotopic (exact) mass is 455 g/mol. The number of benzene rings is 2. The number of hydrogen-bond acceptors (Lipinski definition) is 7. The largest absolute Gasteiger partial charge is 0.422 e. The topological polar surface area (TPSA) is 82.0 Å². The average Bonchev–Trinajstić information content (AvgIpc) is 3.43. The van der Waals surface area contributed by atoms with Crippen LogP contribution in [0.2, 0.25) is 0 Å². The molecule has 0 saturated heterocycles. The molecule has 0 fully saturated rings. The second-order valence-corrected chi connectivity index (χ2v) is 7.82. The third-order valence-electron chi connectivity index (χ3n) is 4.71. The Morgan fingerprint density at radius 3 is 2.56 bits per heavy atom. The number of fused-ring (bicyclic) bond motifs is 1. The number of para-hydroxylation sites is 1. The fourth-order valence-electron chi connectivity index (χ4n) is 3.14. The van der Waals surface area contributed by atoms with Crippen molar-refractivity contribution in [2.45, 2.75) is 12.6 Å². The van der Waals surface area contributed by atoms with Gasteiger partial charge in [-0.25, -0.2) is 9.78 Å². The molecule has 3 heterocycles. The lowest BCUT2D eigenvalue weighted by atomic mass is 10.1. The summed E-state index contributed by atoms with van der Waals surface area (Å²) >= 11 is 1.32. The van der Waals surface area contributed by atoms with Crippen LogP contribution in [0.15, 0.2) is 73.7 Å². The minimum Gasteiger partial charge on any atom is -0.422 e. The van der Waals surface area contributed by atoms with E-state index in [9.17, 15) is 18.0 Å². The Morgan fingerprint density at radius 1 is 1.00 bits per heavy atom. The van der Waals surface area contributed by atoms with E-state index in [1.807, 2.05) is 12.1 Å². The number of rotatable bonds is 4. The second kappa shape index (κ2) is 7.72. The minimum absolute atomic E-state index is 0.181. The Balaban J connectivity index is 1.36. The van der Waals surface area contributed by atoms with Gasteiger partial charge in [0.15, 0.2) is 0 Å². The molecule has 0 radical (unpaired) electrons.